The van der Waals surface area contributed by atoms with Crippen LogP contribution in [0.15, 0.2) is 52.7 Å². The van der Waals surface area contributed by atoms with E-state index >= 15 is 0 Å². The summed E-state index contributed by atoms with van der Waals surface area (Å²) in [5.41, 5.74) is 1.72. The molecule has 2 bridgehead atoms. The van der Waals surface area contributed by atoms with Gasteiger partial charge in [-0.15, -0.1) is 0 Å². The number of allylic oxidation sites excluding steroid dienone is 2. The first-order valence-electron chi connectivity index (χ1n) is 10.2. The van der Waals surface area contributed by atoms with Gasteiger partial charge in [-0.3, -0.25) is 4.79 Å². The van der Waals surface area contributed by atoms with E-state index in [4.69, 9.17) is 4.74 Å². The van der Waals surface area contributed by atoms with Gasteiger partial charge in [-0.25, -0.2) is 0 Å². The van der Waals surface area contributed by atoms with Gasteiger partial charge >= 0.3 is 0 Å². The van der Waals surface area contributed by atoms with Crippen LogP contribution in [-0.4, -0.2) is 10.9 Å². The van der Waals surface area contributed by atoms with Crippen LogP contribution in [0.1, 0.15) is 51.7 Å². The molecule has 2 aromatic carbocycles. The molecule has 4 heteroatoms. The second-order valence-electron chi connectivity index (χ2n) is 8.96. The summed E-state index contributed by atoms with van der Waals surface area (Å²) < 4.78 is 7.02. The van der Waals surface area contributed by atoms with Gasteiger partial charge < -0.3 is 9.84 Å². The van der Waals surface area contributed by atoms with Crippen molar-refractivity contribution >= 4 is 27.3 Å². The Morgan fingerprint density at radius 2 is 1.76 bits per heavy atom. The molecule has 0 heterocycles. The topological polar surface area (TPSA) is 46.5 Å². The molecule has 2 aliphatic rings. The first-order chi connectivity index (χ1) is 13.7. The molecule has 1 fully saturated rings. The van der Waals surface area contributed by atoms with Crippen molar-refractivity contribution in [2.24, 2.45) is 16.7 Å². The van der Waals surface area contributed by atoms with E-state index in [0.29, 0.717) is 11.3 Å². The smallest absolute Gasteiger partial charge is 0.170 e. The van der Waals surface area contributed by atoms with Crippen molar-refractivity contribution in [1.82, 2.24) is 0 Å². The number of fused-ring (bicyclic) bond motifs is 2. The molecule has 29 heavy (non-hydrogen) atoms. The summed E-state index contributed by atoms with van der Waals surface area (Å²) in [5.74, 6) is 1.65. The number of aryl methyl sites for hydroxylation is 1. The molecule has 0 aromatic heterocycles. The highest BCUT2D eigenvalue weighted by molar-refractivity contribution is 9.10. The predicted octanol–water partition coefficient (Wildman–Crippen LogP) is 7.10. The number of halogens is 1. The third-order valence-corrected chi connectivity index (χ3v) is 7.86. The highest BCUT2D eigenvalue weighted by Gasteiger charge is 2.61. The lowest BCUT2D eigenvalue weighted by atomic mass is 9.58. The number of hydrogen-bond donors (Lipinski definition) is 1. The summed E-state index contributed by atoms with van der Waals surface area (Å²) >= 11 is 3.43. The molecule has 0 saturated heterocycles. The Balaban J connectivity index is 1.81. The Kier molecular flexibility index (Phi) is 4.89. The minimum Gasteiger partial charge on any atom is -0.511 e. The van der Waals surface area contributed by atoms with Crippen LogP contribution in [0.25, 0.3) is 5.57 Å². The number of hydrogen-bond acceptors (Lipinski definition) is 3. The Labute approximate surface area is 180 Å². The van der Waals surface area contributed by atoms with Gasteiger partial charge in [0.2, 0.25) is 0 Å². The molecule has 0 aliphatic heterocycles. The summed E-state index contributed by atoms with van der Waals surface area (Å²) in [6.45, 7) is 8.40. The zero-order chi connectivity index (χ0) is 21.0. The highest BCUT2D eigenvalue weighted by atomic mass is 79.9. The van der Waals surface area contributed by atoms with Crippen LogP contribution in [0.3, 0.4) is 0 Å². The van der Waals surface area contributed by atoms with Gasteiger partial charge in [0.25, 0.3) is 0 Å². The summed E-state index contributed by atoms with van der Waals surface area (Å²) in [6.07, 6.45) is 2.44. The van der Waals surface area contributed by atoms with E-state index in [0.717, 1.165) is 40.6 Å². The number of carbonyl (C=O) groups is 1. The summed E-state index contributed by atoms with van der Waals surface area (Å²) in [7, 11) is 0. The molecule has 2 atom stereocenters. The number of aliphatic hydroxyl groups excluding tert-OH is 1. The molecule has 0 spiro atoms. The van der Waals surface area contributed by atoms with Crippen LogP contribution in [0.5, 0.6) is 11.5 Å². The van der Waals surface area contributed by atoms with Crippen molar-refractivity contribution in [2.75, 3.05) is 0 Å². The van der Waals surface area contributed by atoms with E-state index in [2.05, 4.69) is 43.6 Å². The molecule has 0 unspecified atom stereocenters. The lowest BCUT2D eigenvalue weighted by Crippen LogP contribution is -2.43. The van der Waals surface area contributed by atoms with Crippen molar-refractivity contribution in [2.45, 2.75) is 47.0 Å². The van der Waals surface area contributed by atoms with Crippen molar-refractivity contribution in [3.63, 3.8) is 0 Å². The number of benzene rings is 2. The molecule has 2 aliphatic carbocycles. The van der Waals surface area contributed by atoms with Crippen molar-refractivity contribution in [1.29, 1.82) is 0 Å². The van der Waals surface area contributed by atoms with E-state index in [1.807, 2.05) is 42.5 Å². The van der Waals surface area contributed by atoms with E-state index in [1.165, 1.54) is 0 Å². The van der Waals surface area contributed by atoms with Crippen LogP contribution in [0.4, 0.5) is 0 Å². The molecule has 4 rings (SSSR count). The number of carbonyl (C=O) groups excluding carboxylic acids is 1. The minimum absolute atomic E-state index is 0.0563. The van der Waals surface area contributed by atoms with Crippen LogP contribution in [-0.2, 0) is 11.2 Å². The molecule has 152 valence electrons. The Hall–Kier alpha value is -2.07. The second-order valence-corrected chi connectivity index (χ2v) is 9.88. The quantitative estimate of drug-likeness (QED) is 0.535. The van der Waals surface area contributed by atoms with Crippen LogP contribution < -0.4 is 4.74 Å². The molecular weight excluding hydrogens is 428 g/mol. The lowest BCUT2D eigenvalue weighted by molar-refractivity contribution is -0.122. The largest absolute Gasteiger partial charge is 0.511 e. The Morgan fingerprint density at radius 1 is 1.10 bits per heavy atom. The number of Topliss-reactive ketones (excluding diaryl/α,β-unsaturated/α-hetero) is 1. The summed E-state index contributed by atoms with van der Waals surface area (Å²) in [6, 6.07) is 13.5. The Bertz CT molecular complexity index is 1000. The minimum atomic E-state index is -0.380. The van der Waals surface area contributed by atoms with Gasteiger partial charge in [0.1, 0.15) is 17.3 Å². The number of rotatable bonds is 4. The maximum Gasteiger partial charge on any atom is 0.170 e. The van der Waals surface area contributed by atoms with E-state index in [1.54, 1.807) is 0 Å². The molecule has 2 aromatic rings. The molecule has 0 amide bonds. The summed E-state index contributed by atoms with van der Waals surface area (Å²) in [5, 5.41) is 11.3. The second kappa shape index (κ2) is 7.02. The van der Waals surface area contributed by atoms with Crippen LogP contribution >= 0.6 is 15.9 Å². The fourth-order valence-corrected chi connectivity index (χ4v) is 5.27. The van der Waals surface area contributed by atoms with Gasteiger partial charge in [0.05, 0.1) is 5.57 Å². The van der Waals surface area contributed by atoms with E-state index < -0.39 is 0 Å². The zero-order valence-corrected chi connectivity index (χ0v) is 19.0. The molecule has 1 saturated carbocycles. The number of aliphatic hydroxyl groups is 1. The van der Waals surface area contributed by atoms with Gasteiger partial charge in [0, 0.05) is 15.8 Å². The molecule has 0 radical (unpaired) electrons. The SMILES string of the molecule is CCc1ccc(Oc2ccc(Br)cc2)cc1C1=C(O)[C@@]2(C)CC[C@H](C1=O)C2(C)C. The van der Waals surface area contributed by atoms with E-state index in [-0.39, 0.29) is 28.3 Å². The number of ketones is 1. The molecule has 3 nitrogen and oxygen atoms in total. The average molecular weight is 455 g/mol. The fraction of sp³-hybridized carbons (Fsp3) is 0.400. The summed E-state index contributed by atoms with van der Waals surface area (Å²) in [4.78, 5) is 13.5. The monoisotopic (exact) mass is 454 g/mol. The van der Waals surface area contributed by atoms with Crippen LogP contribution in [0, 0.1) is 16.7 Å². The normalized spacial score (nSPS) is 25.4. The maximum atomic E-state index is 13.5. The standard InChI is InChI=1S/C25H27BrO3/c1-5-15-6-9-18(29-17-10-7-16(26)8-11-17)14-19(15)21-22(27)20-12-13-25(4,23(21)28)24(20,2)3/h6-11,14,20,28H,5,12-13H2,1-4H3/t20-,25-/m1/s1. The van der Waals surface area contributed by atoms with Crippen molar-refractivity contribution in [3.8, 4) is 11.5 Å². The first-order valence-corrected chi connectivity index (χ1v) is 11.0. The van der Waals surface area contributed by atoms with Crippen LogP contribution in [0.2, 0.25) is 0 Å². The van der Waals surface area contributed by atoms with Gasteiger partial charge in [0.15, 0.2) is 5.78 Å². The lowest BCUT2D eigenvalue weighted by Gasteiger charge is -2.45. The highest BCUT2D eigenvalue weighted by Crippen LogP contribution is 2.64. The van der Waals surface area contributed by atoms with Crippen molar-refractivity contribution in [3.05, 3.63) is 63.8 Å². The van der Waals surface area contributed by atoms with Crippen molar-refractivity contribution < 1.29 is 14.6 Å². The van der Waals surface area contributed by atoms with Gasteiger partial charge in [-0.2, -0.15) is 0 Å². The van der Waals surface area contributed by atoms with Gasteiger partial charge in [-0.05, 0) is 72.2 Å². The molecule has 1 N–H and O–H groups in total. The zero-order valence-electron chi connectivity index (χ0n) is 17.4. The number of ether oxygens (including phenoxy) is 1. The fourth-order valence-electron chi connectivity index (χ4n) is 5.01. The predicted molar refractivity (Wildman–Crippen MR) is 119 cm³/mol. The average Bonchev–Trinajstić information content (AvgIpc) is 2.87. The maximum absolute atomic E-state index is 13.5. The van der Waals surface area contributed by atoms with E-state index in [9.17, 15) is 9.90 Å². The molecular formula is C25H27BrO3. The third kappa shape index (κ3) is 3.04. The van der Waals surface area contributed by atoms with Gasteiger partial charge in [-0.1, -0.05) is 49.7 Å². The Morgan fingerprint density at radius 3 is 2.41 bits per heavy atom. The third-order valence-electron chi connectivity index (χ3n) is 7.33. The first kappa shape index (κ1) is 20.2.